The van der Waals surface area contributed by atoms with Crippen LogP contribution in [-0.4, -0.2) is 17.9 Å². The van der Waals surface area contributed by atoms with E-state index in [4.69, 9.17) is 16.3 Å². The molecule has 0 amide bonds. The molecule has 1 rings (SSSR count). The van der Waals surface area contributed by atoms with Gasteiger partial charge < -0.3 is 4.74 Å². The number of hydrogen-bond donors (Lipinski definition) is 0. The second-order valence-corrected chi connectivity index (χ2v) is 2.63. The number of Topliss-reactive ketones (excluding diaryl/α,β-unsaturated/α-hetero) is 1. The van der Waals surface area contributed by atoms with Gasteiger partial charge in [-0.1, -0.05) is 11.6 Å². The van der Waals surface area contributed by atoms with Crippen LogP contribution in [0.15, 0.2) is 12.3 Å². The maximum absolute atomic E-state index is 11.0. The van der Waals surface area contributed by atoms with Gasteiger partial charge in [0.2, 0.25) is 0 Å². The molecule has 4 heteroatoms. The van der Waals surface area contributed by atoms with Gasteiger partial charge in [0.15, 0.2) is 5.78 Å². The Kier molecular flexibility index (Phi) is 2.65. The fourth-order valence-corrected chi connectivity index (χ4v) is 1.02. The zero-order chi connectivity index (χ0) is 9.14. The minimum Gasteiger partial charge on any atom is -0.495 e. The highest BCUT2D eigenvalue weighted by atomic mass is 35.5. The van der Waals surface area contributed by atoms with E-state index in [0.29, 0.717) is 11.3 Å². The van der Waals surface area contributed by atoms with Crippen molar-refractivity contribution in [2.75, 3.05) is 7.11 Å². The first kappa shape index (κ1) is 9.00. The molecule has 0 aromatic carbocycles. The maximum atomic E-state index is 11.0. The Balaban J connectivity index is 3.17. The van der Waals surface area contributed by atoms with Crippen LogP contribution in [0.4, 0.5) is 0 Å². The second kappa shape index (κ2) is 3.54. The SMILES string of the molecule is COc1cnc(Cl)c(C(C)=O)c1. The van der Waals surface area contributed by atoms with E-state index in [9.17, 15) is 4.79 Å². The van der Waals surface area contributed by atoms with Crippen molar-refractivity contribution in [2.45, 2.75) is 6.92 Å². The van der Waals surface area contributed by atoms with Gasteiger partial charge in [0, 0.05) is 0 Å². The molecule has 64 valence electrons. The highest BCUT2D eigenvalue weighted by Crippen LogP contribution is 2.18. The van der Waals surface area contributed by atoms with Crippen molar-refractivity contribution in [3.05, 3.63) is 23.0 Å². The third kappa shape index (κ3) is 1.74. The molecule has 0 aliphatic heterocycles. The third-order valence-corrected chi connectivity index (χ3v) is 1.73. The molecular formula is C8H8ClNO2. The van der Waals surface area contributed by atoms with Gasteiger partial charge in [-0.25, -0.2) is 4.98 Å². The number of ketones is 1. The van der Waals surface area contributed by atoms with Crippen molar-refractivity contribution in [2.24, 2.45) is 0 Å². The molecule has 0 unspecified atom stereocenters. The van der Waals surface area contributed by atoms with Crippen LogP contribution in [0.25, 0.3) is 0 Å². The minimum atomic E-state index is -0.119. The number of carbonyl (C=O) groups excluding carboxylic acids is 1. The molecule has 12 heavy (non-hydrogen) atoms. The van der Waals surface area contributed by atoms with E-state index in [2.05, 4.69) is 4.98 Å². The van der Waals surface area contributed by atoms with Crippen LogP contribution in [0, 0.1) is 0 Å². The predicted molar refractivity (Wildman–Crippen MR) is 45.8 cm³/mol. The molecule has 1 aromatic heterocycles. The number of rotatable bonds is 2. The Morgan fingerprint density at radius 1 is 1.67 bits per heavy atom. The van der Waals surface area contributed by atoms with Crippen molar-refractivity contribution in [3.63, 3.8) is 0 Å². The van der Waals surface area contributed by atoms with E-state index in [1.54, 1.807) is 6.07 Å². The van der Waals surface area contributed by atoms with Crippen LogP contribution in [-0.2, 0) is 0 Å². The first-order chi connectivity index (χ1) is 5.65. The molecule has 1 aromatic rings. The summed E-state index contributed by atoms with van der Waals surface area (Å²) in [5.74, 6) is 0.413. The molecule has 0 aliphatic rings. The average molecular weight is 186 g/mol. The van der Waals surface area contributed by atoms with E-state index < -0.39 is 0 Å². The van der Waals surface area contributed by atoms with Gasteiger partial charge in [0.1, 0.15) is 10.9 Å². The molecule has 0 fully saturated rings. The summed E-state index contributed by atoms with van der Waals surface area (Å²) in [4.78, 5) is 14.7. The summed E-state index contributed by atoms with van der Waals surface area (Å²) < 4.78 is 4.89. The summed E-state index contributed by atoms with van der Waals surface area (Å²) in [6, 6.07) is 1.57. The van der Waals surface area contributed by atoms with Crippen LogP contribution in [0.3, 0.4) is 0 Å². The number of pyridine rings is 1. The Morgan fingerprint density at radius 3 is 2.83 bits per heavy atom. The molecule has 0 bridgehead atoms. The Hall–Kier alpha value is -1.09. The lowest BCUT2D eigenvalue weighted by molar-refractivity contribution is 0.101. The van der Waals surface area contributed by atoms with E-state index in [0.717, 1.165) is 0 Å². The second-order valence-electron chi connectivity index (χ2n) is 2.27. The van der Waals surface area contributed by atoms with Crippen LogP contribution in [0.2, 0.25) is 5.15 Å². The van der Waals surface area contributed by atoms with Crippen LogP contribution in [0.5, 0.6) is 5.75 Å². The monoisotopic (exact) mass is 185 g/mol. The molecule has 1 heterocycles. The largest absolute Gasteiger partial charge is 0.495 e. The highest BCUT2D eigenvalue weighted by molar-refractivity contribution is 6.32. The number of nitrogens with zero attached hydrogens (tertiary/aromatic N) is 1. The zero-order valence-corrected chi connectivity index (χ0v) is 7.55. The summed E-state index contributed by atoms with van der Waals surface area (Å²) >= 11 is 5.66. The normalized spacial score (nSPS) is 9.58. The lowest BCUT2D eigenvalue weighted by Gasteiger charge is -2.01. The molecular weight excluding hydrogens is 178 g/mol. The fourth-order valence-electron chi connectivity index (χ4n) is 0.787. The zero-order valence-electron chi connectivity index (χ0n) is 6.80. The molecule has 0 spiro atoms. The van der Waals surface area contributed by atoms with Crippen LogP contribution < -0.4 is 4.74 Å². The molecule has 0 aliphatic carbocycles. The Labute approximate surface area is 75.3 Å². The van der Waals surface area contributed by atoms with Crippen molar-refractivity contribution in [1.82, 2.24) is 4.98 Å². The smallest absolute Gasteiger partial charge is 0.163 e. The van der Waals surface area contributed by atoms with E-state index in [1.165, 1.54) is 20.2 Å². The van der Waals surface area contributed by atoms with Crippen LogP contribution >= 0.6 is 11.6 Å². The number of ether oxygens (including phenoxy) is 1. The molecule has 3 nitrogen and oxygen atoms in total. The van der Waals surface area contributed by atoms with E-state index in [1.807, 2.05) is 0 Å². The number of methoxy groups -OCH3 is 1. The number of halogens is 1. The van der Waals surface area contributed by atoms with Crippen molar-refractivity contribution < 1.29 is 9.53 Å². The number of hydrogen-bond acceptors (Lipinski definition) is 3. The van der Waals surface area contributed by atoms with Gasteiger partial charge in [-0.2, -0.15) is 0 Å². The lowest BCUT2D eigenvalue weighted by atomic mass is 10.2. The quantitative estimate of drug-likeness (QED) is 0.522. The van der Waals surface area contributed by atoms with E-state index in [-0.39, 0.29) is 10.9 Å². The topological polar surface area (TPSA) is 39.2 Å². The van der Waals surface area contributed by atoms with E-state index >= 15 is 0 Å². The average Bonchev–Trinajstić information content (AvgIpc) is 2.05. The molecule has 0 radical (unpaired) electrons. The summed E-state index contributed by atoms with van der Waals surface area (Å²) in [7, 11) is 1.51. The molecule has 0 atom stereocenters. The third-order valence-electron chi connectivity index (χ3n) is 1.43. The molecule has 0 saturated heterocycles. The standard InChI is InChI=1S/C8H8ClNO2/c1-5(11)7-3-6(12-2)4-10-8(7)9/h3-4H,1-2H3. The fraction of sp³-hybridized carbons (Fsp3) is 0.250. The van der Waals surface area contributed by atoms with Gasteiger partial charge in [-0.3, -0.25) is 4.79 Å². The van der Waals surface area contributed by atoms with Crippen LogP contribution in [0.1, 0.15) is 17.3 Å². The minimum absolute atomic E-state index is 0.119. The van der Waals surface area contributed by atoms with Gasteiger partial charge >= 0.3 is 0 Å². The summed E-state index contributed by atoms with van der Waals surface area (Å²) in [6.45, 7) is 1.43. The summed E-state index contributed by atoms with van der Waals surface area (Å²) in [5, 5.41) is 0.211. The van der Waals surface area contributed by atoms with Gasteiger partial charge in [0.25, 0.3) is 0 Å². The summed E-state index contributed by atoms with van der Waals surface area (Å²) in [5.41, 5.74) is 0.385. The highest BCUT2D eigenvalue weighted by Gasteiger charge is 2.07. The lowest BCUT2D eigenvalue weighted by Crippen LogP contribution is -1.96. The van der Waals surface area contributed by atoms with Crippen molar-refractivity contribution >= 4 is 17.4 Å². The Morgan fingerprint density at radius 2 is 2.33 bits per heavy atom. The first-order valence-electron chi connectivity index (χ1n) is 3.35. The molecule has 0 N–H and O–H groups in total. The number of carbonyl (C=O) groups is 1. The Bertz CT molecular complexity index is 312. The maximum Gasteiger partial charge on any atom is 0.163 e. The van der Waals surface area contributed by atoms with Gasteiger partial charge in [-0.05, 0) is 13.0 Å². The first-order valence-corrected chi connectivity index (χ1v) is 3.73. The predicted octanol–water partition coefficient (Wildman–Crippen LogP) is 1.95. The number of aromatic nitrogens is 1. The van der Waals surface area contributed by atoms with Crippen molar-refractivity contribution in [3.8, 4) is 5.75 Å². The summed E-state index contributed by atoms with van der Waals surface area (Å²) in [6.07, 6.45) is 1.47. The van der Waals surface area contributed by atoms with Crippen molar-refractivity contribution in [1.29, 1.82) is 0 Å². The van der Waals surface area contributed by atoms with Gasteiger partial charge in [-0.15, -0.1) is 0 Å². The molecule has 0 saturated carbocycles. The van der Waals surface area contributed by atoms with Gasteiger partial charge in [0.05, 0.1) is 18.9 Å².